The van der Waals surface area contributed by atoms with Gasteiger partial charge in [0.1, 0.15) is 0 Å². The van der Waals surface area contributed by atoms with Crippen molar-refractivity contribution in [2.45, 2.75) is 13.3 Å². The molecule has 106 valence electrons. The summed E-state index contributed by atoms with van der Waals surface area (Å²) in [4.78, 5) is 16.1. The van der Waals surface area contributed by atoms with Gasteiger partial charge in [-0.05, 0) is 42.8 Å². The van der Waals surface area contributed by atoms with E-state index in [1.165, 1.54) is 0 Å². The number of hydrogen-bond donors (Lipinski definition) is 2. The van der Waals surface area contributed by atoms with E-state index in [1.807, 2.05) is 43.3 Å². The van der Waals surface area contributed by atoms with Gasteiger partial charge in [-0.25, -0.2) is 0 Å². The first-order chi connectivity index (χ1) is 10.2. The molecule has 2 rings (SSSR count). The molecule has 0 aliphatic carbocycles. The predicted octanol–water partition coefficient (Wildman–Crippen LogP) is 1.88. The molecule has 1 aromatic carbocycles. The second kappa shape index (κ2) is 7.22. The van der Waals surface area contributed by atoms with Crippen molar-refractivity contribution >= 4 is 11.6 Å². The lowest BCUT2D eigenvalue weighted by atomic mass is 10.1. The van der Waals surface area contributed by atoms with Crippen molar-refractivity contribution < 1.29 is 4.79 Å². The van der Waals surface area contributed by atoms with Crippen molar-refractivity contribution in [3.63, 3.8) is 0 Å². The first-order valence-corrected chi connectivity index (χ1v) is 6.68. The van der Waals surface area contributed by atoms with Gasteiger partial charge in [0.2, 0.25) is 5.91 Å². The summed E-state index contributed by atoms with van der Waals surface area (Å²) in [6.45, 7) is 2.27. The number of pyridine rings is 1. The van der Waals surface area contributed by atoms with Gasteiger partial charge in [-0.15, -0.1) is 0 Å². The third-order valence-electron chi connectivity index (χ3n) is 2.90. The maximum absolute atomic E-state index is 12.0. The third-order valence-corrected chi connectivity index (χ3v) is 2.90. The maximum atomic E-state index is 12.0. The Morgan fingerprint density at radius 1 is 1.33 bits per heavy atom. The van der Waals surface area contributed by atoms with Gasteiger partial charge in [0.25, 0.3) is 0 Å². The smallest absolute Gasteiger partial charge is 0.230 e. The molecule has 0 aliphatic heterocycles. The van der Waals surface area contributed by atoms with Crippen molar-refractivity contribution in [2.75, 3.05) is 11.9 Å². The second-order valence-electron chi connectivity index (χ2n) is 4.58. The number of carbonyl (C=O) groups excluding carboxylic acids is 1. The lowest BCUT2D eigenvalue weighted by Gasteiger charge is -2.08. The average Bonchev–Trinajstić information content (AvgIpc) is 2.48. The standard InChI is InChI=1S/C17H17N3O/c1-13-11-14(5-4-9-18)7-8-16(13)20-17(21)12-15-6-2-3-10-19-15/h2-3,6-8,10-11H,9,12,18H2,1H3,(H,20,21). The number of nitrogens with zero attached hydrogens (tertiary/aromatic N) is 1. The Morgan fingerprint density at radius 2 is 2.19 bits per heavy atom. The number of benzene rings is 1. The van der Waals surface area contributed by atoms with Gasteiger partial charge in [-0.1, -0.05) is 17.9 Å². The summed E-state index contributed by atoms with van der Waals surface area (Å²) in [5.41, 5.74) is 8.74. The first-order valence-electron chi connectivity index (χ1n) is 6.68. The number of amides is 1. The number of hydrogen-bond acceptors (Lipinski definition) is 3. The fourth-order valence-electron chi connectivity index (χ4n) is 1.90. The van der Waals surface area contributed by atoms with Crippen molar-refractivity contribution in [1.29, 1.82) is 0 Å². The molecule has 0 fully saturated rings. The summed E-state index contributed by atoms with van der Waals surface area (Å²) < 4.78 is 0. The summed E-state index contributed by atoms with van der Waals surface area (Å²) in [5.74, 6) is 5.69. The zero-order chi connectivity index (χ0) is 15.1. The Bertz CT molecular complexity index is 684. The van der Waals surface area contributed by atoms with Crippen LogP contribution in [0, 0.1) is 18.8 Å². The molecule has 0 aliphatic rings. The van der Waals surface area contributed by atoms with Crippen LogP contribution in [0.25, 0.3) is 0 Å². The highest BCUT2D eigenvalue weighted by Gasteiger charge is 2.06. The fraction of sp³-hybridized carbons (Fsp3) is 0.176. The van der Waals surface area contributed by atoms with Crippen molar-refractivity contribution in [1.82, 2.24) is 4.98 Å². The second-order valence-corrected chi connectivity index (χ2v) is 4.58. The molecule has 2 aromatic rings. The Labute approximate surface area is 124 Å². The highest BCUT2D eigenvalue weighted by molar-refractivity contribution is 5.92. The fourth-order valence-corrected chi connectivity index (χ4v) is 1.90. The number of aromatic nitrogens is 1. The van der Waals surface area contributed by atoms with E-state index in [0.717, 1.165) is 22.5 Å². The van der Waals surface area contributed by atoms with Crippen LogP contribution in [-0.2, 0) is 11.2 Å². The first kappa shape index (κ1) is 14.8. The maximum Gasteiger partial charge on any atom is 0.230 e. The van der Waals surface area contributed by atoms with E-state index in [0.29, 0.717) is 6.54 Å². The van der Waals surface area contributed by atoms with E-state index in [1.54, 1.807) is 6.20 Å². The minimum absolute atomic E-state index is 0.0856. The molecular formula is C17H17N3O. The quantitative estimate of drug-likeness (QED) is 0.843. The van der Waals surface area contributed by atoms with E-state index in [2.05, 4.69) is 22.1 Å². The molecule has 0 saturated heterocycles. The summed E-state index contributed by atoms with van der Waals surface area (Å²) in [6.07, 6.45) is 1.94. The van der Waals surface area contributed by atoms with Crippen molar-refractivity contribution in [3.8, 4) is 11.8 Å². The van der Waals surface area contributed by atoms with Crippen LogP contribution in [0.2, 0.25) is 0 Å². The van der Waals surface area contributed by atoms with E-state index >= 15 is 0 Å². The number of nitrogens with one attached hydrogen (secondary N) is 1. The summed E-state index contributed by atoms with van der Waals surface area (Å²) in [6, 6.07) is 11.2. The molecule has 21 heavy (non-hydrogen) atoms. The normalized spacial score (nSPS) is 9.62. The number of anilines is 1. The molecule has 3 N–H and O–H groups in total. The van der Waals surface area contributed by atoms with Gasteiger partial charge in [0, 0.05) is 23.1 Å². The molecule has 0 bridgehead atoms. The zero-order valence-electron chi connectivity index (χ0n) is 11.9. The predicted molar refractivity (Wildman–Crippen MR) is 83.7 cm³/mol. The number of carbonyl (C=O) groups is 1. The van der Waals surface area contributed by atoms with Crippen LogP contribution in [0.1, 0.15) is 16.8 Å². The van der Waals surface area contributed by atoms with E-state index < -0.39 is 0 Å². The summed E-state index contributed by atoms with van der Waals surface area (Å²) >= 11 is 0. The van der Waals surface area contributed by atoms with Gasteiger partial charge in [-0.3, -0.25) is 9.78 Å². The highest BCUT2D eigenvalue weighted by Crippen LogP contribution is 2.16. The Hall–Kier alpha value is -2.64. The molecular weight excluding hydrogens is 262 g/mol. The molecule has 0 unspecified atom stereocenters. The van der Waals surface area contributed by atoms with Gasteiger partial charge in [0.15, 0.2) is 0 Å². The Balaban J connectivity index is 2.04. The van der Waals surface area contributed by atoms with E-state index in [9.17, 15) is 4.79 Å². The molecule has 4 nitrogen and oxygen atoms in total. The van der Waals surface area contributed by atoms with Crippen LogP contribution in [0.3, 0.4) is 0 Å². The minimum Gasteiger partial charge on any atom is -0.326 e. The molecule has 0 radical (unpaired) electrons. The van der Waals surface area contributed by atoms with E-state index in [-0.39, 0.29) is 12.3 Å². The van der Waals surface area contributed by atoms with Crippen LogP contribution < -0.4 is 11.1 Å². The van der Waals surface area contributed by atoms with Crippen LogP contribution in [0.4, 0.5) is 5.69 Å². The lowest BCUT2D eigenvalue weighted by Crippen LogP contribution is -2.15. The lowest BCUT2D eigenvalue weighted by molar-refractivity contribution is -0.115. The third kappa shape index (κ3) is 4.44. The summed E-state index contributed by atoms with van der Waals surface area (Å²) in [5, 5.41) is 2.89. The number of nitrogens with two attached hydrogens (primary N) is 1. The van der Waals surface area contributed by atoms with Gasteiger partial charge in [-0.2, -0.15) is 0 Å². The minimum atomic E-state index is -0.0856. The topological polar surface area (TPSA) is 68.0 Å². The number of aryl methyl sites for hydroxylation is 1. The SMILES string of the molecule is Cc1cc(C#CCN)ccc1NC(=O)Cc1ccccn1. The molecule has 1 aromatic heterocycles. The van der Waals surface area contributed by atoms with Crippen molar-refractivity contribution in [2.24, 2.45) is 5.73 Å². The van der Waals surface area contributed by atoms with Crippen LogP contribution in [0.5, 0.6) is 0 Å². The molecule has 1 amide bonds. The largest absolute Gasteiger partial charge is 0.326 e. The van der Waals surface area contributed by atoms with Crippen molar-refractivity contribution in [3.05, 3.63) is 59.4 Å². The number of rotatable bonds is 3. The van der Waals surface area contributed by atoms with Gasteiger partial charge >= 0.3 is 0 Å². The van der Waals surface area contributed by atoms with Gasteiger partial charge in [0.05, 0.1) is 13.0 Å². The molecule has 0 saturated carbocycles. The Morgan fingerprint density at radius 3 is 2.86 bits per heavy atom. The van der Waals surface area contributed by atoms with E-state index in [4.69, 9.17) is 5.73 Å². The summed E-state index contributed by atoms with van der Waals surface area (Å²) in [7, 11) is 0. The van der Waals surface area contributed by atoms with Crippen LogP contribution in [-0.4, -0.2) is 17.4 Å². The zero-order valence-corrected chi connectivity index (χ0v) is 11.9. The Kier molecular flexibility index (Phi) is 5.08. The van der Waals surface area contributed by atoms with Crippen LogP contribution >= 0.6 is 0 Å². The van der Waals surface area contributed by atoms with Crippen LogP contribution in [0.15, 0.2) is 42.6 Å². The molecule has 1 heterocycles. The molecule has 4 heteroatoms. The van der Waals surface area contributed by atoms with Gasteiger partial charge < -0.3 is 11.1 Å². The molecule has 0 spiro atoms. The molecule has 0 atom stereocenters. The highest BCUT2D eigenvalue weighted by atomic mass is 16.1. The average molecular weight is 279 g/mol. The monoisotopic (exact) mass is 279 g/mol.